The summed E-state index contributed by atoms with van der Waals surface area (Å²) in [4.78, 5) is 30.7. The summed E-state index contributed by atoms with van der Waals surface area (Å²) in [6, 6.07) is 14.1. The van der Waals surface area contributed by atoms with Gasteiger partial charge in [-0.3, -0.25) is 19.8 Å². The van der Waals surface area contributed by atoms with Crippen LogP contribution < -0.4 is 10.2 Å². The highest BCUT2D eigenvalue weighted by Gasteiger charge is 2.32. The van der Waals surface area contributed by atoms with Gasteiger partial charge in [0, 0.05) is 23.4 Å². The lowest BCUT2D eigenvalue weighted by atomic mass is 10.1. The number of nitrogens with one attached hydrogen (secondary N) is 1. The fourth-order valence-corrected chi connectivity index (χ4v) is 4.65. The second kappa shape index (κ2) is 7.26. The number of benzene rings is 2. The smallest absolute Gasteiger partial charge is 0.265 e. The second-order valence-electron chi connectivity index (χ2n) is 6.38. The molecule has 1 N–H and O–H groups in total. The minimum atomic E-state index is -0.483. The molecule has 2 aromatic rings. The molecule has 0 spiro atoms. The van der Waals surface area contributed by atoms with Crippen LogP contribution in [-0.4, -0.2) is 35.4 Å². The Morgan fingerprint density at radius 1 is 1.14 bits per heavy atom. The van der Waals surface area contributed by atoms with E-state index in [1.54, 1.807) is 23.9 Å². The molecule has 1 saturated heterocycles. The maximum absolute atomic E-state index is 12.7. The number of hydrogen-bond acceptors (Lipinski definition) is 5. The maximum Gasteiger partial charge on any atom is 0.265 e. The van der Waals surface area contributed by atoms with E-state index in [1.165, 1.54) is 4.90 Å². The largest absolute Gasteiger partial charge is 0.343 e. The maximum atomic E-state index is 12.7. The van der Waals surface area contributed by atoms with E-state index < -0.39 is 11.8 Å². The zero-order chi connectivity index (χ0) is 19.8. The minimum Gasteiger partial charge on any atom is -0.343 e. The average Bonchev–Trinajstić information content (AvgIpc) is 2.68. The summed E-state index contributed by atoms with van der Waals surface area (Å²) in [5.74, 6) is -0.898. The number of carbonyl (C=O) groups excluding carboxylic acids is 2. The standard InChI is InChI=1S/C21H17N3O2S2/c1-3-10-24-20(26)14(19(25)22-21(24)27)11-13-8-9-16-18(12-13)28-17-7-5-4-6-15(17)23(16)2/h3-9,11-12H,1,10H2,2H3,(H,22,25,27)/b14-11+. The first-order valence-corrected chi connectivity index (χ1v) is 9.86. The molecule has 0 saturated carbocycles. The lowest BCUT2D eigenvalue weighted by Gasteiger charge is -2.30. The van der Waals surface area contributed by atoms with Crippen molar-refractivity contribution in [3.63, 3.8) is 0 Å². The Hall–Kier alpha value is -2.90. The molecule has 0 radical (unpaired) electrons. The van der Waals surface area contributed by atoms with E-state index in [4.69, 9.17) is 12.2 Å². The van der Waals surface area contributed by atoms with Gasteiger partial charge in [-0.1, -0.05) is 36.0 Å². The molecule has 140 valence electrons. The lowest BCUT2D eigenvalue weighted by molar-refractivity contribution is -0.128. The van der Waals surface area contributed by atoms with Crippen LogP contribution in [0.5, 0.6) is 0 Å². The molecule has 7 heteroatoms. The quantitative estimate of drug-likeness (QED) is 0.364. The van der Waals surface area contributed by atoms with E-state index in [2.05, 4.69) is 28.9 Å². The summed E-state index contributed by atoms with van der Waals surface area (Å²) in [6.07, 6.45) is 3.18. The number of hydrogen-bond donors (Lipinski definition) is 1. The van der Waals surface area contributed by atoms with E-state index in [0.29, 0.717) is 0 Å². The van der Waals surface area contributed by atoms with Gasteiger partial charge in [-0.05, 0) is 48.1 Å². The van der Waals surface area contributed by atoms with Crippen molar-refractivity contribution in [2.45, 2.75) is 9.79 Å². The van der Waals surface area contributed by atoms with E-state index in [9.17, 15) is 9.59 Å². The number of anilines is 2. The SMILES string of the molecule is C=CCN1C(=O)/C(=C/c2ccc3c(c2)Sc2ccccc2N3C)C(=O)NC1=S. The Balaban J connectivity index is 1.70. The number of carbonyl (C=O) groups is 2. The molecule has 4 rings (SSSR count). The molecule has 0 aromatic heterocycles. The molecule has 5 nitrogen and oxygen atoms in total. The van der Waals surface area contributed by atoms with Crippen molar-refractivity contribution >= 4 is 58.4 Å². The van der Waals surface area contributed by atoms with Crippen molar-refractivity contribution in [1.82, 2.24) is 10.2 Å². The summed E-state index contributed by atoms with van der Waals surface area (Å²) in [5, 5.41) is 2.67. The predicted molar refractivity (Wildman–Crippen MR) is 116 cm³/mol. The van der Waals surface area contributed by atoms with Gasteiger partial charge >= 0.3 is 0 Å². The number of nitrogens with zero attached hydrogens (tertiary/aromatic N) is 2. The van der Waals surface area contributed by atoms with Gasteiger partial charge in [0.25, 0.3) is 11.8 Å². The summed E-state index contributed by atoms with van der Waals surface area (Å²) < 4.78 is 0. The fraction of sp³-hybridized carbons (Fsp3) is 0.0952. The van der Waals surface area contributed by atoms with Crippen LogP contribution in [0.25, 0.3) is 6.08 Å². The number of para-hydroxylation sites is 1. The summed E-state index contributed by atoms with van der Waals surface area (Å²) in [7, 11) is 2.03. The Kier molecular flexibility index (Phi) is 4.78. The van der Waals surface area contributed by atoms with E-state index in [-0.39, 0.29) is 17.2 Å². The Morgan fingerprint density at radius 2 is 1.89 bits per heavy atom. The molecule has 28 heavy (non-hydrogen) atoms. The highest BCUT2D eigenvalue weighted by atomic mass is 32.2. The van der Waals surface area contributed by atoms with Crippen molar-refractivity contribution < 1.29 is 9.59 Å². The molecule has 2 heterocycles. The van der Waals surface area contributed by atoms with Gasteiger partial charge < -0.3 is 4.90 Å². The highest BCUT2D eigenvalue weighted by Crippen LogP contribution is 2.47. The summed E-state index contributed by atoms with van der Waals surface area (Å²) in [6.45, 7) is 3.88. The molecule has 2 aliphatic heterocycles. The topological polar surface area (TPSA) is 52.7 Å². The molecular formula is C21H17N3O2S2. The van der Waals surface area contributed by atoms with Crippen LogP contribution in [0.2, 0.25) is 0 Å². The number of thiocarbonyl (C=S) groups is 1. The third kappa shape index (κ3) is 3.12. The summed E-state index contributed by atoms with van der Waals surface area (Å²) >= 11 is 6.76. The van der Waals surface area contributed by atoms with E-state index in [1.807, 2.05) is 37.4 Å². The third-order valence-electron chi connectivity index (χ3n) is 4.60. The molecular weight excluding hydrogens is 390 g/mol. The van der Waals surface area contributed by atoms with Gasteiger partial charge in [0.05, 0.1) is 11.4 Å². The van der Waals surface area contributed by atoms with Gasteiger partial charge in [0.1, 0.15) is 5.57 Å². The molecule has 0 unspecified atom stereocenters. The van der Waals surface area contributed by atoms with Gasteiger partial charge in [-0.25, -0.2) is 0 Å². The van der Waals surface area contributed by atoms with Crippen molar-refractivity contribution in [1.29, 1.82) is 0 Å². The van der Waals surface area contributed by atoms with Crippen LogP contribution in [0.3, 0.4) is 0 Å². The lowest BCUT2D eigenvalue weighted by Crippen LogP contribution is -2.53. The monoisotopic (exact) mass is 407 g/mol. The molecule has 2 aromatic carbocycles. The van der Waals surface area contributed by atoms with Gasteiger partial charge in [0.2, 0.25) is 0 Å². The van der Waals surface area contributed by atoms with Gasteiger partial charge in [0.15, 0.2) is 5.11 Å². The normalized spacial score (nSPS) is 17.3. The first-order valence-electron chi connectivity index (χ1n) is 8.64. The highest BCUT2D eigenvalue weighted by molar-refractivity contribution is 7.99. The average molecular weight is 408 g/mol. The first kappa shape index (κ1) is 18.5. The fourth-order valence-electron chi connectivity index (χ4n) is 3.20. The van der Waals surface area contributed by atoms with Crippen molar-refractivity contribution in [3.8, 4) is 0 Å². The van der Waals surface area contributed by atoms with Crippen LogP contribution in [0, 0.1) is 0 Å². The van der Waals surface area contributed by atoms with Crippen molar-refractivity contribution in [2.75, 3.05) is 18.5 Å². The first-order chi connectivity index (χ1) is 13.5. The van der Waals surface area contributed by atoms with Crippen molar-refractivity contribution in [2.24, 2.45) is 0 Å². The number of rotatable bonds is 3. The predicted octanol–water partition coefficient (Wildman–Crippen LogP) is 3.73. The van der Waals surface area contributed by atoms with Crippen LogP contribution >= 0.6 is 24.0 Å². The molecule has 2 amide bonds. The molecule has 0 aliphatic carbocycles. The minimum absolute atomic E-state index is 0.0602. The second-order valence-corrected chi connectivity index (χ2v) is 7.85. The zero-order valence-electron chi connectivity index (χ0n) is 15.1. The van der Waals surface area contributed by atoms with Crippen molar-refractivity contribution in [3.05, 3.63) is 66.3 Å². The Bertz CT molecular complexity index is 1060. The van der Waals surface area contributed by atoms with Crippen LogP contribution in [0.1, 0.15) is 5.56 Å². The van der Waals surface area contributed by atoms with Gasteiger partial charge in [-0.2, -0.15) is 0 Å². The van der Waals surface area contributed by atoms with Gasteiger partial charge in [-0.15, -0.1) is 6.58 Å². The van der Waals surface area contributed by atoms with Crippen LogP contribution in [0.4, 0.5) is 11.4 Å². The third-order valence-corrected chi connectivity index (χ3v) is 6.03. The number of amides is 2. The number of fused-ring (bicyclic) bond motifs is 2. The molecule has 1 fully saturated rings. The van der Waals surface area contributed by atoms with Crippen LogP contribution in [-0.2, 0) is 9.59 Å². The van der Waals surface area contributed by atoms with E-state index >= 15 is 0 Å². The molecule has 2 aliphatic rings. The molecule has 0 atom stereocenters. The molecule has 0 bridgehead atoms. The zero-order valence-corrected chi connectivity index (χ0v) is 16.8. The van der Waals surface area contributed by atoms with Crippen LogP contribution in [0.15, 0.2) is 70.5 Å². The summed E-state index contributed by atoms with van der Waals surface area (Å²) in [5.41, 5.74) is 3.08. The van der Waals surface area contributed by atoms with E-state index in [0.717, 1.165) is 26.7 Å². The Morgan fingerprint density at radius 3 is 2.68 bits per heavy atom. The Labute approximate surface area is 172 Å².